The normalized spacial score (nSPS) is 22.8. The van der Waals surface area contributed by atoms with Crippen molar-refractivity contribution in [1.82, 2.24) is 4.90 Å². The molecule has 2 heterocycles. The molecule has 2 rings (SSSR count). The van der Waals surface area contributed by atoms with Gasteiger partial charge in [0, 0.05) is 18.2 Å². The van der Waals surface area contributed by atoms with E-state index in [1.807, 2.05) is 20.0 Å². The van der Waals surface area contributed by atoms with Crippen LogP contribution in [0.15, 0.2) is 10.5 Å². The minimum Gasteiger partial charge on any atom is -0.465 e. The van der Waals surface area contributed by atoms with Crippen LogP contribution in [0.3, 0.4) is 0 Å². The van der Waals surface area contributed by atoms with Crippen LogP contribution in [-0.2, 0) is 22.9 Å². The van der Waals surface area contributed by atoms with Crippen molar-refractivity contribution in [3.63, 3.8) is 0 Å². The average molecular weight is 272 g/mol. The molecule has 18 heavy (non-hydrogen) atoms. The Kier molecular flexibility index (Phi) is 3.79. The third-order valence-corrected chi connectivity index (χ3v) is 5.27. The number of aryl methyl sites for hydroxylation is 1. The summed E-state index contributed by atoms with van der Waals surface area (Å²) >= 11 is 0. The molecule has 6 heteroatoms. The van der Waals surface area contributed by atoms with Crippen LogP contribution in [0.2, 0.25) is 0 Å². The fourth-order valence-electron chi connectivity index (χ4n) is 2.37. The molecule has 2 N–H and O–H groups in total. The molecule has 102 valence electrons. The number of nitrogens with two attached hydrogens (primary N) is 1. The van der Waals surface area contributed by atoms with Crippen LogP contribution in [0.1, 0.15) is 23.5 Å². The third-order valence-electron chi connectivity index (χ3n) is 3.52. The van der Waals surface area contributed by atoms with E-state index < -0.39 is 9.84 Å². The molecule has 0 amide bonds. The van der Waals surface area contributed by atoms with Crippen LogP contribution in [0, 0.1) is 6.92 Å². The van der Waals surface area contributed by atoms with Crippen LogP contribution in [0.25, 0.3) is 0 Å². The van der Waals surface area contributed by atoms with Gasteiger partial charge in [-0.3, -0.25) is 4.90 Å². The summed E-state index contributed by atoms with van der Waals surface area (Å²) in [7, 11) is -0.869. The summed E-state index contributed by atoms with van der Waals surface area (Å²) in [5, 5.41) is 0. The molecule has 0 aromatic carbocycles. The van der Waals surface area contributed by atoms with Crippen molar-refractivity contribution >= 4 is 9.84 Å². The van der Waals surface area contributed by atoms with Crippen molar-refractivity contribution in [2.45, 2.75) is 32.5 Å². The number of hydrogen-bond acceptors (Lipinski definition) is 5. The number of nitrogens with zero attached hydrogens (tertiary/aromatic N) is 1. The molecule has 1 fully saturated rings. The molecular formula is C12H20N2O3S. The molecule has 0 bridgehead atoms. The van der Waals surface area contributed by atoms with Gasteiger partial charge in [-0.2, -0.15) is 0 Å². The molecule has 1 atom stereocenters. The van der Waals surface area contributed by atoms with E-state index in [0.717, 1.165) is 23.5 Å². The zero-order chi connectivity index (χ0) is 13.3. The van der Waals surface area contributed by atoms with E-state index in [0.29, 0.717) is 18.8 Å². The molecule has 1 aromatic heterocycles. The summed E-state index contributed by atoms with van der Waals surface area (Å²) < 4.78 is 28.4. The van der Waals surface area contributed by atoms with Gasteiger partial charge in [0.2, 0.25) is 0 Å². The van der Waals surface area contributed by atoms with Crippen molar-refractivity contribution in [1.29, 1.82) is 0 Å². The third kappa shape index (κ3) is 2.93. The Morgan fingerprint density at radius 1 is 1.56 bits per heavy atom. The number of sulfone groups is 1. The quantitative estimate of drug-likeness (QED) is 0.871. The Labute approximate surface area is 108 Å². The first-order valence-corrected chi connectivity index (χ1v) is 7.92. The van der Waals surface area contributed by atoms with E-state index >= 15 is 0 Å². The molecule has 0 aliphatic carbocycles. The molecule has 1 aliphatic heterocycles. The van der Waals surface area contributed by atoms with Crippen LogP contribution in [0.4, 0.5) is 0 Å². The van der Waals surface area contributed by atoms with Gasteiger partial charge in [0.1, 0.15) is 11.5 Å². The first kappa shape index (κ1) is 13.6. The van der Waals surface area contributed by atoms with Gasteiger partial charge in [-0.25, -0.2) is 8.42 Å². The Hall–Kier alpha value is -0.850. The van der Waals surface area contributed by atoms with Crippen molar-refractivity contribution in [2.75, 3.05) is 18.6 Å². The molecule has 1 unspecified atom stereocenters. The Bertz CT molecular complexity index is 521. The minimum absolute atomic E-state index is 0.116. The molecular weight excluding hydrogens is 252 g/mol. The van der Waals surface area contributed by atoms with Gasteiger partial charge < -0.3 is 10.2 Å². The van der Waals surface area contributed by atoms with Crippen molar-refractivity contribution in [3.8, 4) is 0 Å². The summed E-state index contributed by atoms with van der Waals surface area (Å²) in [6.07, 6.45) is 0.722. The predicted molar refractivity (Wildman–Crippen MR) is 69.9 cm³/mol. The van der Waals surface area contributed by atoms with Gasteiger partial charge in [0.05, 0.1) is 18.1 Å². The van der Waals surface area contributed by atoms with Gasteiger partial charge in [-0.1, -0.05) is 0 Å². The zero-order valence-corrected chi connectivity index (χ0v) is 11.7. The lowest BCUT2D eigenvalue weighted by Crippen LogP contribution is -2.32. The first-order valence-electron chi connectivity index (χ1n) is 6.10. The second kappa shape index (κ2) is 5.03. The van der Waals surface area contributed by atoms with E-state index in [1.54, 1.807) is 0 Å². The molecule has 5 nitrogen and oxygen atoms in total. The SMILES string of the molecule is Cc1oc(CN)cc1CN(C)C1CCS(=O)(=O)C1. The minimum atomic E-state index is -2.83. The van der Waals surface area contributed by atoms with Crippen LogP contribution in [0.5, 0.6) is 0 Å². The number of furan rings is 1. The largest absolute Gasteiger partial charge is 0.465 e. The second-order valence-corrected chi connectivity index (χ2v) is 7.20. The van der Waals surface area contributed by atoms with E-state index in [4.69, 9.17) is 10.2 Å². The van der Waals surface area contributed by atoms with Crippen molar-refractivity contribution < 1.29 is 12.8 Å². The van der Waals surface area contributed by atoms with Crippen LogP contribution < -0.4 is 5.73 Å². The maximum absolute atomic E-state index is 11.5. The topological polar surface area (TPSA) is 76.5 Å². The Balaban J connectivity index is 2.03. The molecule has 0 radical (unpaired) electrons. The average Bonchev–Trinajstić information content (AvgIpc) is 2.82. The number of hydrogen-bond donors (Lipinski definition) is 1. The van der Waals surface area contributed by atoms with Crippen molar-refractivity contribution in [2.24, 2.45) is 5.73 Å². The highest BCUT2D eigenvalue weighted by Crippen LogP contribution is 2.21. The van der Waals surface area contributed by atoms with E-state index in [2.05, 4.69) is 4.90 Å². The lowest BCUT2D eigenvalue weighted by molar-refractivity contribution is 0.252. The van der Waals surface area contributed by atoms with Gasteiger partial charge >= 0.3 is 0 Å². The first-order chi connectivity index (χ1) is 8.41. The van der Waals surface area contributed by atoms with Gasteiger partial charge in [0.25, 0.3) is 0 Å². The Morgan fingerprint density at radius 3 is 2.78 bits per heavy atom. The summed E-state index contributed by atoms with van der Waals surface area (Å²) in [6.45, 7) is 3.01. The summed E-state index contributed by atoms with van der Waals surface area (Å²) in [4.78, 5) is 2.09. The molecule has 1 aliphatic rings. The highest BCUT2D eigenvalue weighted by Gasteiger charge is 2.30. The standard InChI is InChI=1S/C12H20N2O3S/c1-9-10(5-12(6-13)17-9)7-14(2)11-3-4-18(15,16)8-11/h5,11H,3-4,6-8,13H2,1-2H3. The fraction of sp³-hybridized carbons (Fsp3) is 0.667. The smallest absolute Gasteiger partial charge is 0.151 e. The second-order valence-electron chi connectivity index (χ2n) is 4.97. The summed E-state index contributed by atoms with van der Waals surface area (Å²) in [6, 6.07) is 2.07. The molecule has 0 saturated carbocycles. The fourth-order valence-corrected chi connectivity index (χ4v) is 4.17. The highest BCUT2D eigenvalue weighted by atomic mass is 32.2. The van der Waals surface area contributed by atoms with Gasteiger partial charge in [-0.05, 0) is 26.5 Å². The maximum atomic E-state index is 11.5. The van der Waals surface area contributed by atoms with E-state index in [1.165, 1.54) is 0 Å². The lowest BCUT2D eigenvalue weighted by atomic mass is 10.2. The molecule has 1 saturated heterocycles. The van der Waals surface area contributed by atoms with E-state index in [-0.39, 0.29) is 11.8 Å². The highest BCUT2D eigenvalue weighted by molar-refractivity contribution is 7.91. The molecule has 0 spiro atoms. The summed E-state index contributed by atoms with van der Waals surface area (Å²) in [5.74, 6) is 2.21. The van der Waals surface area contributed by atoms with Gasteiger partial charge in [-0.15, -0.1) is 0 Å². The Morgan fingerprint density at radius 2 is 2.28 bits per heavy atom. The van der Waals surface area contributed by atoms with Crippen molar-refractivity contribution in [3.05, 3.63) is 23.2 Å². The summed E-state index contributed by atoms with van der Waals surface area (Å²) in [5.41, 5.74) is 6.62. The van der Waals surface area contributed by atoms with Crippen LogP contribution >= 0.6 is 0 Å². The predicted octanol–water partition coefficient (Wildman–Crippen LogP) is 0.666. The molecule has 1 aromatic rings. The zero-order valence-electron chi connectivity index (χ0n) is 10.8. The van der Waals surface area contributed by atoms with Gasteiger partial charge in [0.15, 0.2) is 9.84 Å². The lowest BCUT2D eigenvalue weighted by Gasteiger charge is -2.22. The number of rotatable bonds is 4. The maximum Gasteiger partial charge on any atom is 0.151 e. The monoisotopic (exact) mass is 272 g/mol. The van der Waals surface area contributed by atoms with Crippen LogP contribution in [-0.4, -0.2) is 37.9 Å². The van der Waals surface area contributed by atoms with E-state index in [9.17, 15) is 8.42 Å².